The molecule has 0 bridgehead atoms. The Morgan fingerprint density at radius 1 is 1.19 bits per heavy atom. The number of aryl methyl sites for hydroxylation is 2. The van der Waals surface area contributed by atoms with E-state index in [1.165, 1.54) is 0 Å². The molecular formula is C18H24N6O2. The third kappa shape index (κ3) is 4.01. The number of aromatic nitrogens is 3. The fourth-order valence-electron chi connectivity index (χ4n) is 2.96. The average molecular weight is 356 g/mol. The summed E-state index contributed by atoms with van der Waals surface area (Å²) in [7, 11) is 0. The first kappa shape index (κ1) is 17.9. The Morgan fingerprint density at radius 3 is 2.54 bits per heavy atom. The van der Waals surface area contributed by atoms with Crippen LogP contribution in [0.25, 0.3) is 0 Å². The summed E-state index contributed by atoms with van der Waals surface area (Å²) >= 11 is 0. The number of para-hydroxylation sites is 1. The number of benzene rings is 1. The van der Waals surface area contributed by atoms with E-state index in [0.29, 0.717) is 38.7 Å². The molecule has 1 aliphatic rings. The van der Waals surface area contributed by atoms with Crippen LogP contribution in [0.2, 0.25) is 0 Å². The van der Waals surface area contributed by atoms with Crippen molar-refractivity contribution in [1.29, 1.82) is 0 Å². The number of hydrogen-bond donors (Lipinski definition) is 1. The van der Waals surface area contributed by atoms with Crippen molar-refractivity contribution in [3.8, 4) is 0 Å². The number of ether oxygens (including phenoxy) is 1. The van der Waals surface area contributed by atoms with Crippen LogP contribution in [0.15, 0.2) is 24.4 Å². The first-order valence-corrected chi connectivity index (χ1v) is 8.78. The number of nitrogens with zero attached hydrogens (tertiary/aromatic N) is 5. The molecule has 8 heteroatoms. The molecule has 3 rings (SSSR count). The molecule has 0 radical (unpaired) electrons. The normalized spacial score (nSPS) is 14.3. The zero-order chi connectivity index (χ0) is 18.5. The molecule has 2 heterocycles. The Morgan fingerprint density at radius 2 is 1.88 bits per heavy atom. The van der Waals surface area contributed by atoms with Gasteiger partial charge in [-0.2, -0.15) is 10.1 Å². The summed E-state index contributed by atoms with van der Waals surface area (Å²) in [6.45, 7) is 8.85. The van der Waals surface area contributed by atoms with E-state index in [4.69, 9.17) is 4.74 Å². The highest BCUT2D eigenvalue weighted by molar-refractivity contribution is 5.68. The minimum absolute atomic E-state index is 0.259. The van der Waals surface area contributed by atoms with Crippen molar-refractivity contribution in [2.24, 2.45) is 0 Å². The van der Waals surface area contributed by atoms with Crippen molar-refractivity contribution in [2.45, 2.75) is 20.8 Å². The maximum Gasteiger partial charge on any atom is 0.409 e. The molecule has 0 unspecified atom stereocenters. The van der Waals surface area contributed by atoms with Crippen LogP contribution in [0.4, 0.5) is 22.2 Å². The van der Waals surface area contributed by atoms with Gasteiger partial charge in [0.15, 0.2) is 5.82 Å². The van der Waals surface area contributed by atoms with Gasteiger partial charge in [0.1, 0.15) is 0 Å². The first-order chi connectivity index (χ1) is 12.6. The summed E-state index contributed by atoms with van der Waals surface area (Å²) in [6, 6.07) is 6.11. The van der Waals surface area contributed by atoms with Gasteiger partial charge in [0.2, 0.25) is 5.95 Å². The molecule has 1 saturated heterocycles. The lowest BCUT2D eigenvalue weighted by Gasteiger charge is -2.34. The minimum Gasteiger partial charge on any atom is -0.450 e. The van der Waals surface area contributed by atoms with Gasteiger partial charge >= 0.3 is 6.09 Å². The zero-order valence-corrected chi connectivity index (χ0v) is 15.4. The van der Waals surface area contributed by atoms with E-state index in [1.54, 1.807) is 11.1 Å². The third-order valence-corrected chi connectivity index (χ3v) is 4.39. The fraction of sp³-hybridized carbons (Fsp3) is 0.444. The van der Waals surface area contributed by atoms with Gasteiger partial charge in [-0.1, -0.05) is 18.2 Å². The molecule has 1 amide bonds. The molecule has 0 spiro atoms. The van der Waals surface area contributed by atoms with E-state index in [1.807, 2.05) is 39.0 Å². The van der Waals surface area contributed by atoms with E-state index >= 15 is 0 Å². The highest BCUT2D eigenvalue weighted by Crippen LogP contribution is 2.23. The van der Waals surface area contributed by atoms with Gasteiger partial charge < -0.3 is 19.9 Å². The van der Waals surface area contributed by atoms with Crippen LogP contribution in [-0.2, 0) is 4.74 Å². The van der Waals surface area contributed by atoms with Gasteiger partial charge in [0.25, 0.3) is 0 Å². The van der Waals surface area contributed by atoms with Crippen LogP contribution in [0, 0.1) is 13.8 Å². The van der Waals surface area contributed by atoms with Gasteiger partial charge in [-0.3, -0.25) is 0 Å². The second-order valence-electron chi connectivity index (χ2n) is 6.20. The van der Waals surface area contributed by atoms with Crippen LogP contribution < -0.4 is 10.2 Å². The van der Waals surface area contributed by atoms with E-state index in [9.17, 15) is 4.79 Å². The summed E-state index contributed by atoms with van der Waals surface area (Å²) in [5.74, 6) is 1.21. The van der Waals surface area contributed by atoms with Crippen molar-refractivity contribution in [3.05, 3.63) is 35.5 Å². The summed E-state index contributed by atoms with van der Waals surface area (Å²) in [5, 5.41) is 11.4. The lowest BCUT2D eigenvalue weighted by Crippen LogP contribution is -2.49. The van der Waals surface area contributed by atoms with Crippen molar-refractivity contribution >= 4 is 23.5 Å². The Labute approximate surface area is 153 Å². The number of anilines is 3. The Kier molecular flexibility index (Phi) is 5.50. The molecule has 1 aliphatic heterocycles. The predicted octanol–water partition coefficient (Wildman–Crippen LogP) is 2.51. The molecule has 1 aromatic carbocycles. The largest absolute Gasteiger partial charge is 0.450 e. The summed E-state index contributed by atoms with van der Waals surface area (Å²) in [4.78, 5) is 20.2. The second kappa shape index (κ2) is 7.99. The lowest BCUT2D eigenvalue weighted by atomic mass is 10.1. The van der Waals surface area contributed by atoms with Crippen LogP contribution in [0.5, 0.6) is 0 Å². The van der Waals surface area contributed by atoms with Crippen molar-refractivity contribution in [1.82, 2.24) is 20.1 Å². The molecule has 26 heavy (non-hydrogen) atoms. The number of carbonyl (C=O) groups is 1. The quantitative estimate of drug-likeness (QED) is 0.901. The van der Waals surface area contributed by atoms with Gasteiger partial charge in [-0.25, -0.2) is 4.79 Å². The van der Waals surface area contributed by atoms with E-state index in [-0.39, 0.29) is 6.09 Å². The predicted molar refractivity (Wildman–Crippen MR) is 99.8 cm³/mol. The topological polar surface area (TPSA) is 83.5 Å². The van der Waals surface area contributed by atoms with Gasteiger partial charge in [-0.05, 0) is 31.9 Å². The molecule has 138 valence electrons. The van der Waals surface area contributed by atoms with Crippen LogP contribution >= 0.6 is 0 Å². The van der Waals surface area contributed by atoms with Crippen LogP contribution in [0.3, 0.4) is 0 Å². The Balaban J connectivity index is 1.68. The molecule has 1 fully saturated rings. The number of amides is 1. The highest BCUT2D eigenvalue weighted by atomic mass is 16.6. The minimum atomic E-state index is -0.259. The molecular weight excluding hydrogens is 332 g/mol. The molecule has 1 N–H and O–H groups in total. The highest BCUT2D eigenvalue weighted by Gasteiger charge is 2.23. The molecule has 0 aliphatic carbocycles. The summed E-state index contributed by atoms with van der Waals surface area (Å²) < 4.78 is 5.05. The first-order valence-electron chi connectivity index (χ1n) is 8.78. The monoisotopic (exact) mass is 356 g/mol. The molecule has 0 atom stereocenters. The van der Waals surface area contributed by atoms with E-state index in [2.05, 4.69) is 25.4 Å². The van der Waals surface area contributed by atoms with Crippen LogP contribution in [0.1, 0.15) is 18.1 Å². The number of hydrogen-bond acceptors (Lipinski definition) is 7. The number of nitrogens with one attached hydrogen (secondary N) is 1. The average Bonchev–Trinajstić information content (AvgIpc) is 2.65. The number of carbonyl (C=O) groups excluding carboxylic acids is 1. The number of rotatable bonds is 4. The summed E-state index contributed by atoms with van der Waals surface area (Å²) in [5.41, 5.74) is 3.25. The van der Waals surface area contributed by atoms with Gasteiger partial charge in [0.05, 0.1) is 12.8 Å². The SMILES string of the molecule is CCOC(=O)N1CCN(c2cnnc(Nc3c(C)cccc3C)n2)CC1. The van der Waals surface area contributed by atoms with Crippen molar-refractivity contribution < 1.29 is 9.53 Å². The Hall–Kier alpha value is -2.90. The van der Waals surface area contributed by atoms with Crippen LogP contribution in [-0.4, -0.2) is 59.0 Å². The molecule has 1 aromatic heterocycles. The maximum atomic E-state index is 11.8. The standard InChI is InChI=1S/C18H24N6O2/c1-4-26-18(25)24-10-8-23(9-11-24)15-12-19-22-17(20-15)21-16-13(2)6-5-7-14(16)3/h5-7,12H,4,8-11H2,1-3H3,(H,20,21,22). The molecule has 2 aromatic rings. The third-order valence-electron chi connectivity index (χ3n) is 4.39. The zero-order valence-electron chi connectivity index (χ0n) is 15.4. The smallest absolute Gasteiger partial charge is 0.409 e. The van der Waals surface area contributed by atoms with Gasteiger partial charge in [0, 0.05) is 31.9 Å². The lowest BCUT2D eigenvalue weighted by molar-refractivity contribution is 0.105. The number of piperazine rings is 1. The second-order valence-corrected chi connectivity index (χ2v) is 6.20. The maximum absolute atomic E-state index is 11.8. The fourth-order valence-corrected chi connectivity index (χ4v) is 2.96. The molecule has 0 saturated carbocycles. The van der Waals surface area contributed by atoms with E-state index in [0.717, 1.165) is 22.6 Å². The molecule has 8 nitrogen and oxygen atoms in total. The van der Waals surface area contributed by atoms with Gasteiger partial charge in [-0.15, -0.1) is 5.10 Å². The van der Waals surface area contributed by atoms with Crippen molar-refractivity contribution in [2.75, 3.05) is 43.0 Å². The summed E-state index contributed by atoms with van der Waals surface area (Å²) in [6.07, 6.45) is 1.39. The van der Waals surface area contributed by atoms with Crippen molar-refractivity contribution in [3.63, 3.8) is 0 Å². The Bertz CT molecular complexity index is 754. The van der Waals surface area contributed by atoms with E-state index < -0.39 is 0 Å².